The van der Waals surface area contributed by atoms with E-state index in [9.17, 15) is 4.79 Å². The monoisotopic (exact) mass is 233 g/mol. The van der Waals surface area contributed by atoms with E-state index in [2.05, 4.69) is 0 Å². The molecule has 16 heavy (non-hydrogen) atoms. The first kappa shape index (κ1) is 15.2. The number of carbonyl (C=O) groups is 1. The van der Waals surface area contributed by atoms with E-state index >= 15 is 0 Å². The molecule has 0 spiro atoms. The highest BCUT2D eigenvalue weighted by molar-refractivity contribution is 5.67. The molecule has 1 amide bonds. The maximum atomic E-state index is 11.7. The third-order valence-corrected chi connectivity index (χ3v) is 1.63. The maximum Gasteiger partial charge on any atom is 0.412 e. The van der Waals surface area contributed by atoms with Crippen LogP contribution in [0.4, 0.5) is 4.79 Å². The Balaban J connectivity index is 4.12. The van der Waals surface area contributed by atoms with Crippen molar-refractivity contribution in [1.29, 1.82) is 0 Å². The van der Waals surface area contributed by atoms with Crippen LogP contribution in [0.1, 0.15) is 34.1 Å². The molecule has 0 saturated carbocycles. The zero-order valence-electron chi connectivity index (χ0n) is 10.7. The molecular formula is C11H23NO4. The minimum Gasteiger partial charge on any atom is -0.444 e. The Morgan fingerprint density at radius 1 is 1.38 bits per heavy atom. The summed E-state index contributed by atoms with van der Waals surface area (Å²) < 4.78 is 10.3. The van der Waals surface area contributed by atoms with Gasteiger partial charge in [0.2, 0.25) is 0 Å². The van der Waals surface area contributed by atoms with Gasteiger partial charge in [0.15, 0.2) is 0 Å². The third kappa shape index (κ3) is 7.48. The average Bonchev–Trinajstić information content (AvgIpc) is 2.14. The first-order valence-corrected chi connectivity index (χ1v) is 5.57. The predicted octanol–water partition coefficient (Wildman–Crippen LogP) is 1.60. The van der Waals surface area contributed by atoms with Crippen LogP contribution in [0.2, 0.25) is 0 Å². The van der Waals surface area contributed by atoms with Gasteiger partial charge in [0.05, 0.1) is 13.2 Å². The van der Waals surface area contributed by atoms with Crippen LogP contribution in [-0.4, -0.2) is 48.2 Å². The van der Waals surface area contributed by atoms with Gasteiger partial charge >= 0.3 is 6.09 Å². The summed E-state index contributed by atoms with van der Waals surface area (Å²) in [5.74, 6) is 0. The van der Waals surface area contributed by atoms with Crippen LogP contribution < -0.4 is 0 Å². The second-order valence-corrected chi connectivity index (χ2v) is 4.50. The topological polar surface area (TPSA) is 59.0 Å². The van der Waals surface area contributed by atoms with Crippen molar-refractivity contribution >= 4 is 6.09 Å². The molecule has 0 saturated heterocycles. The molecule has 0 heterocycles. The van der Waals surface area contributed by atoms with Crippen LogP contribution in [0.15, 0.2) is 0 Å². The van der Waals surface area contributed by atoms with E-state index in [1.165, 1.54) is 4.90 Å². The first-order valence-electron chi connectivity index (χ1n) is 5.57. The molecular weight excluding hydrogens is 210 g/mol. The van der Waals surface area contributed by atoms with Crippen molar-refractivity contribution in [3.05, 3.63) is 0 Å². The minimum absolute atomic E-state index is 0.0473. The molecule has 5 heteroatoms. The molecule has 0 aliphatic carbocycles. The lowest BCUT2D eigenvalue weighted by molar-refractivity contribution is -0.0196. The quantitative estimate of drug-likeness (QED) is 0.559. The molecule has 0 aromatic rings. The SMILES string of the molecule is CCCN(COCCO)C(=O)OC(C)(C)C. The fourth-order valence-corrected chi connectivity index (χ4v) is 1.04. The lowest BCUT2D eigenvalue weighted by atomic mass is 10.2. The van der Waals surface area contributed by atoms with Gasteiger partial charge in [0, 0.05) is 6.54 Å². The number of aliphatic hydroxyl groups is 1. The number of ether oxygens (including phenoxy) is 2. The highest BCUT2D eigenvalue weighted by Gasteiger charge is 2.21. The summed E-state index contributed by atoms with van der Waals surface area (Å²) in [7, 11) is 0. The summed E-state index contributed by atoms with van der Waals surface area (Å²) >= 11 is 0. The number of amides is 1. The predicted molar refractivity (Wildman–Crippen MR) is 61.1 cm³/mol. The Bertz CT molecular complexity index is 201. The van der Waals surface area contributed by atoms with Crippen LogP contribution in [0.25, 0.3) is 0 Å². The fraction of sp³-hybridized carbons (Fsp3) is 0.909. The third-order valence-electron chi connectivity index (χ3n) is 1.63. The first-order chi connectivity index (χ1) is 7.40. The van der Waals surface area contributed by atoms with Gasteiger partial charge in [-0.05, 0) is 27.2 Å². The Kier molecular flexibility index (Phi) is 7.08. The Labute approximate surface area is 97.3 Å². The molecule has 0 aliphatic heterocycles. The van der Waals surface area contributed by atoms with Crippen molar-refractivity contribution < 1.29 is 19.4 Å². The largest absolute Gasteiger partial charge is 0.444 e. The van der Waals surface area contributed by atoms with Gasteiger partial charge in [-0.15, -0.1) is 0 Å². The van der Waals surface area contributed by atoms with Crippen LogP contribution in [0, 0.1) is 0 Å². The fourth-order valence-electron chi connectivity index (χ4n) is 1.04. The van der Waals surface area contributed by atoms with Crippen molar-refractivity contribution in [3.8, 4) is 0 Å². The molecule has 0 radical (unpaired) electrons. The van der Waals surface area contributed by atoms with Crippen LogP contribution in [-0.2, 0) is 9.47 Å². The van der Waals surface area contributed by atoms with E-state index in [0.29, 0.717) is 6.54 Å². The van der Waals surface area contributed by atoms with Crippen LogP contribution in [0.5, 0.6) is 0 Å². The number of aliphatic hydroxyl groups excluding tert-OH is 1. The second kappa shape index (κ2) is 7.46. The molecule has 0 aromatic carbocycles. The molecule has 0 atom stereocenters. The van der Waals surface area contributed by atoms with Crippen LogP contribution in [0.3, 0.4) is 0 Å². The Morgan fingerprint density at radius 2 is 2.00 bits per heavy atom. The molecule has 0 aliphatic rings. The van der Waals surface area contributed by atoms with Crippen LogP contribution >= 0.6 is 0 Å². The molecule has 0 aromatic heterocycles. The van der Waals surface area contributed by atoms with Gasteiger partial charge in [-0.1, -0.05) is 6.92 Å². The average molecular weight is 233 g/mol. The Hall–Kier alpha value is -0.810. The maximum absolute atomic E-state index is 11.7. The molecule has 0 fully saturated rings. The van der Waals surface area contributed by atoms with Gasteiger partial charge in [-0.25, -0.2) is 4.79 Å². The lowest BCUT2D eigenvalue weighted by Gasteiger charge is -2.26. The van der Waals surface area contributed by atoms with Gasteiger partial charge < -0.3 is 14.6 Å². The number of hydrogen-bond acceptors (Lipinski definition) is 4. The molecule has 1 N–H and O–H groups in total. The van der Waals surface area contributed by atoms with Gasteiger partial charge in [-0.2, -0.15) is 0 Å². The van der Waals surface area contributed by atoms with E-state index in [0.717, 1.165) is 6.42 Å². The summed E-state index contributed by atoms with van der Waals surface area (Å²) in [4.78, 5) is 13.2. The summed E-state index contributed by atoms with van der Waals surface area (Å²) in [6.07, 6.45) is 0.453. The standard InChI is InChI=1S/C11H23NO4/c1-5-6-12(9-15-8-7-13)10(14)16-11(2,3)4/h13H,5-9H2,1-4H3. The van der Waals surface area contributed by atoms with E-state index < -0.39 is 5.60 Å². The minimum atomic E-state index is -0.500. The van der Waals surface area contributed by atoms with E-state index in [4.69, 9.17) is 14.6 Å². The highest BCUT2D eigenvalue weighted by Crippen LogP contribution is 2.10. The summed E-state index contributed by atoms with van der Waals surface area (Å²) in [6, 6.07) is 0. The molecule has 0 unspecified atom stereocenters. The summed E-state index contributed by atoms with van der Waals surface area (Å²) in [5, 5.41) is 8.57. The van der Waals surface area contributed by atoms with Crippen molar-refractivity contribution in [2.45, 2.75) is 39.7 Å². The van der Waals surface area contributed by atoms with Crippen molar-refractivity contribution in [2.75, 3.05) is 26.5 Å². The Morgan fingerprint density at radius 3 is 2.44 bits per heavy atom. The second-order valence-electron chi connectivity index (χ2n) is 4.50. The lowest BCUT2D eigenvalue weighted by Crippen LogP contribution is -2.38. The highest BCUT2D eigenvalue weighted by atomic mass is 16.6. The molecule has 96 valence electrons. The molecule has 0 bridgehead atoms. The smallest absolute Gasteiger partial charge is 0.412 e. The van der Waals surface area contributed by atoms with Crippen molar-refractivity contribution in [1.82, 2.24) is 4.90 Å². The van der Waals surface area contributed by atoms with Gasteiger partial charge in [-0.3, -0.25) is 4.90 Å². The summed E-state index contributed by atoms with van der Waals surface area (Å²) in [6.45, 7) is 8.36. The van der Waals surface area contributed by atoms with Gasteiger partial charge in [0.1, 0.15) is 12.3 Å². The van der Waals surface area contributed by atoms with E-state index in [1.807, 2.05) is 27.7 Å². The zero-order valence-corrected chi connectivity index (χ0v) is 10.7. The summed E-state index contributed by atoms with van der Waals surface area (Å²) in [5.41, 5.74) is -0.500. The van der Waals surface area contributed by atoms with E-state index in [-0.39, 0.29) is 26.0 Å². The number of carbonyl (C=O) groups excluding carboxylic acids is 1. The molecule has 5 nitrogen and oxygen atoms in total. The van der Waals surface area contributed by atoms with Gasteiger partial charge in [0.25, 0.3) is 0 Å². The number of hydrogen-bond donors (Lipinski definition) is 1. The van der Waals surface area contributed by atoms with Crippen molar-refractivity contribution in [2.24, 2.45) is 0 Å². The molecule has 0 rings (SSSR count). The zero-order chi connectivity index (χ0) is 12.6. The van der Waals surface area contributed by atoms with E-state index in [1.54, 1.807) is 0 Å². The number of rotatable bonds is 6. The van der Waals surface area contributed by atoms with Crippen molar-refractivity contribution in [3.63, 3.8) is 0 Å². The normalized spacial score (nSPS) is 11.3. The number of nitrogens with zero attached hydrogens (tertiary/aromatic N) is 1.